The zero-order chi connectivity index (χ0) is 23.7. The first-order chi connectivity index (χ1) is 16.5. The fourth-order valence-corrected chi connectivity index (χ4v) is 5.41. The molecule has 10 heteroatoms. The number of fused-ring (bicyclic) bond motifs is 1. The Kier molecular flexibility index (Phi) is 6.53. The molecule has 2 amide bonds. The lowest BCUT2D eigenvalue weighted by atomic mass is 10.1. The molecule has 2 fully saturated rings. The van der Waals surface area contributed by atoms with Gasteiger partial charge in [0.15, 0.2) is 10.9 Å². The van der Waals surface area contributed by atoms with Gasteiger partial charge in [-0.25, -0.2) is 13.8 Å². The predicted octanol–water partition coefficient (Wildman–Crippen LogP) is 3.29. The molecule has 1 aromatic heterocycles. The van der Waals surface area contributed by atoms with Gasteiger partial charge in [-0.3, -0.25) is 19.4 Å². The smallest absolute Gasteiger partial charge is 0.234 e. The van der Waals surface area contributed by atoms with Gasteiger partial charge in [-0.05, 0) is 18.2 Å². The van der Waals surface area contributed by atoms with E-state index in [1.807, 2.05) is 30.3 Å². The third-order valence-corrected chi connectivity index (χ3v) is 7.21. The van der Waals surface area contributed by atoms with Crippen molar-refractivity contribution in [2.24, 2.45) is 5.92 Å². The number of aromatic nitrogens is 1. The highest BCUT2D eigenvalue weighted by atomic mass is 32.1. The molecule has 0 aliphatic carbocycles. The van der Waals surface area contributed by atoms with Crippen LogP contribution in [0.3, 0.4) is 0 Å². The first-order valence-corrected chi connectivity index (χ1v) is 12.0. The van der Waals surface area contributed by atoms with Crippen molar-refractivity contribution in [3.8, 4) is 0 Å². The van der Waals surface area contributed by atoms with E-state index in [1.54, 1.807) is 4.90 Å². The number of hydrogen-bond donors (Lipinski definition) is 0. The fourth-order valence-electron chi connectivity index (χ4n) is 4.38. The molecule has 34 heavy (non-hydrogen) atoms. The molecule has 2 aromatic carbocycles. The van der Waals surface area contributed by atoms with Crippen LogP contribution in [0.2, 0.25) is 0 Å². The van der Waals surface area contributed by atoms with Gasteiger partial charge < -0.3 is 9.64 Å². The summed E-state index contributed by atoms with van der Waals surface area (Å²) in [4.78, 5) is 36.1. The maximum absolute atomic E-state index is 14.3. The summed E-state index contributed by atoms with van der Waals surface area (Å²) in [7, 11) is 0. The van der Waals surface area contributed by atoms with Crippen LogP contribution in [-0.2, 0) is 14.3 Å². The Morgan fingerprint density at radius 1 is 1.18 bits per heavy atom. The van der Waals surface area contributed by atoms with Gasteiger partial charge in [0.05, 0.1) is 23.8 Å². The van der Waals surface area contributed by atoms with Crippen molar-refractivity contribution in [2.75, 3.05) is 55.7 Å². The Labute approximate surface area is 199 Å². The van der Waals surface area contributed by atoms with Crippen molar-refractivity contribution in [3.05, 3.63) is 54.1 Å². The average molecular weight is 487 g/mol. The number of hydrogen-bond acceptors (Lipinski definition) is 6. The van der Waals surface area contributed by atoms with Crippen LogP contribution in [0.4, 0.5) is 19.6 Å². The highest BCUT2D eigenvalue weighted by molar-refractivity contribution is 7.22. The van der Waals surface area contributed by atoms with Crippen LogP contribution in [0.15, 0.2) is 42.5 Å². The molecule has 0 saturated carbocycles. The zero-order valence-electron chi connectivity index (χ0n) is 18.5. The molecule has 2 aliphatic heterocycles. The summed E-state index contributed by atoms with van der Waals surface area (Å²) >= 11 is 1.08. The number of rotatable bonds is 6. The number of benzene rings is 2. The Balaban J connectivity index is 1.41. The van der Waals surface area contributed by atoms with Gasteiger partial charge >= 0.3 is 0 Å². The second-order valence-corrected chi connectivity index (χ2v) is 9.42. The molecule has 7 nitrogen and oxygen atoms in total. The molecule has 0 radical (unpaired) electrons. The molecule has 3 heterocycles. The number of para-hydroxylation sites is 1. The Bertz CT molecular complexity index is 1200. The lowest BCUT2D eigenvalue weighted by Gasteiger charge is -2.30. The molecule has 5 rings (SSSR count). The van der Waals surface area contributed by atoms with Crippen molar-refractivity contribution in [3.63, 3.8) is 0 Å². The molecule has 0 N–H and O–H groups in total. The SMILES string of the molecule is O=C1CC(C(=O)N(CCN2CCOCC2)c2nc3c(F)cc(F)cc3s2)CN1c1ccccc1. The first kappa shape index (κ1) is 22.8. The van der Waals surface area contributed by atoms with E-state index in [0.717, 1.165) is 36.2 Å². The van der Waals surface area contributed by atoms with Gasteiger partial charge in [0, 0.05) is 50.9 Å². The zero-order valence-corrected chi connectivity index (χ0v) is 19.3. The maximum atomic E-state index is 14.3. The minimum atomic E-state index is -0.760. The van der Waals surface area contributed by atoms with Gasteiger partial charge in [0.1, 0.15) is 11.3 Å². The van der Waals surface area contributed by atoms with Crippen molar-refractivity contribution in [2.45, 2.75) is 6.42 Å². The molecule has 178 valence electrons. The van der Waals surface area contributed by atoms with Crippen molar-refractivity contribution < 1.29 is 23.1 Å². The number of thiazole rings is 1. The van der Waals surface area contributed by atoms with Crippen LogP contribution in [0.25, 0.3) is 10.2 Å². The molecule has 2 aliphatic rings. The van der Waals surface area contributed by atoms with Crippen LogP contribution in [0.1, 0.15) is 6.42 Å². The van der Waals surface area contributed by atoms with Crippen molar-refractivity contribution >= 4 is 44.2 Å². The minimum Gasteiger partial charge on any atom is -0.379 e. The van der Waals surface area contributed by atoms with E-state index in [4.69, 9.17) is 4.74 Å². The highest BCUT2D eigenvalue weighted by Crippen LogP contribution is 2.33. The van der Waals surface area contributed by atoms with Crippen LogP contribution in [0.5, 0.6) is 0 Å². The number of carbonyl (C=O) groups excluding carboxylic acids is 2. The second-order valence-electron chi connectivity index (χ2n) is 8.42. The van der Waals surface area contributed by atoms with E-state index < -0.39 is 17.6 Å². The molecule has 0 bridgehead atoms. The predicted molar refractivity (Wildman–Crippen MR) is 126 cm³/mol. The number of carbonyl (C=O) groups is 2. The van der Waals surface area contributed by atoms with E-state index in [2.05, 4.69) is 9.88 Å². The number of morpholine rings is 1. The van der Waals surface area contributed by atoms with E-state index in [9.17, 15) is 18.4 Å². The Morgan fingerprint density at radius 2 is 1.94 bits per heavy atom. The number of halogens is 2. The van der Waals surface area contributed by atoms with Crippen LogP contribution in [0, 0.1) is 17.6 Å². The van der Waals surface area contributed by atoms with Gasteiger partial charge in [0.2, 0.25) is 11.8 Å². The number of ether oxygens (including phenoxy) is 1. The van der Waals surface area contributed by atoms with E-state index in [1.165, 1.54) is 11.0 Å². The molecular weight excluding hydrogens is 462 g/mol. The summed E-state index contributed by atoms with van der Waals surface area (Å²) in [6, 6.07) is 11.3. The summed E-state index contributed by atoms with van der Waals surface area (Å²) in [5.74, 6) is -2.35. The van der Waals surface area contributed by atoms with Gasteiger partial charge in [-0.15, -0.1) is 0 Å². The largest absolute Gasteiger partial charge is 0.379 e. The average Bonchev–Trinajstić information content (AvgIpc) is 3.44. The standard InChI is InChI=1S/C24H24F2N4O3S/c25-17-13-19(26)22-20(14-17)34-24(27-22)29(7-6-28-8-10-33-11-9-28)23(32)16-12-21(31)30(15-16)18-4-2-1-3-5-18/h1-5,13-14,16H,6-12,15H2. The second kappa shape index (κ2) is 9.73. The first-order valence-electron chi connectivity index (χ1n) is 11.2. The van der Waals surface area contributed by atoms with Gasteiger partial charge in [0.25, 0.3) is 0 Å². The monoisotopic (exact) mass is 486 g/mol. The third kappa shape index (κ3) is 4.66. The summed E-state index contributed by atoms with van der Waals surface area (Å²) in [6.07, 6.45) is 0.0929. The number of nitrogens with zero attached hydrogens (tertiary/aromatic N) is 4. The fraction of sp³-hybridized carbons (Fsp3) is 0.375. The Hall–Kier alpha value is -2.95. The van der Waals surface area contributed by atoms with Crippen LogP contribution < -0.4 is 9.80 Å². The third-order valence-electron chi connectivity index (χ3n) is 6.18. The summed E-state index contributed by atoms with van der Waals surface area (Å²) in [5, 5.41) is 0.309. The molecule has 1 atom stereocenters. The van der Waals surface area contributed by atoms with Crippen molar-refractivity contribution in [1.82, 2.24) is 9.88 Å². The Morgan fingerprint density at radius 3 is 2.71 bits per heavy atom. The summed E-state index contributed by atoms with van der Waals surface area (Å²) in [6.45, 7) is 3.95. The molecule has 0 spiro atoms. The summed E-state index contributed by atoms with van der Waals surface area (Å²) in [5.41, 5.74) is 0.791. The maximum Gasteiger partial charge on any atom is 0.234 e. The van der Waals surface area contributed by atoms with Gasteiger partial charge in [-0.2, -0.15) is 0 Å². The lowest BCUT2D eigenvalue weighted by Crippen LogP contribution is -2.45. The molecule has 1 unspecified atom stereocenters. The minimum absolute atomic E-state index is 0.0407. The molecule has 3 aromatic rings. The van der Waals surface area contributed by atoms with E-state index in [0.29, 0.717) is 36.1 Å². The number of amides is 2. The number of anilines is 2. The van der Waals surface area contributed by atoms with Crippen molar-refractivity contribution in [1.29, 1.82) is 0 Å². The lowest BCUT2D eigenvalue weighted by molar-refractivity contribution is -0.124. The van der Waals surface area contributed by atoms with Gasteiger partial charge in [-0.1, -0.05) is 29.5 Å². The van der Waals surface area contributed by atoms with Crippen LogP contribution >= 0.6 is 11.3 Å². The van der Waals surface area contributed by atoms with E-state index in [-0.39, 0.29) is 30.3 Å². The summed E-state index contributed by atoms with van der Waals surface area (Å²) < 4.78 is 33.8. The topological polar surface area (TPSA) is 66.0 Å². The molecular formula is C24H24F2N4O3S. The normalized spacial score (nSPS) is 19.2. The molecule has 2 saturated heterocycles. The van der Waals surface area contributed by atoms with Crippen LogP contribution in [-0.4, -0.2) is 67.6 Å². The highest BCUT2D eigenvalue weighted by Gasteiger charge is 2.38. The quantitative estimate of drug-likeness (QED) is 0.535. The van der Waals surface area contributed by atoms with E-state index >= 15 is 0 Å².